The third kappa shape index (κ3) is 14.6. The molecule has 4 aliphatic rings. The number of carbonyl (C=O) groups is 11. The van der Waals surface area contributed by atoms with Gasteiger partial charge < -0.3 is 82.8 Å². The van der Waals surface area contributed by atoms with Crippen molar-refractivity contribution in [3.8, 4) is 0 Å². The van der Waals surface area contributed by atoms with Crippen LogP contribution >= 0.6 is 0 Å². The molecular formula is C46H75N11O16. The van der Waals surface area contributed by atoms with Crippen LogP contribution in [-0.4, -0.2) is 228 Å². The fourth-order valence-electron chi connectivity index (χ4n) is 9.50. The van der Waals surface area contributed by atoms with E-state index < -0.39 is 162 Å². The normalized spacial score (nSPS) is 24.0. The largest absolute Gasteiger partial charge is 0.480 e. The zero-order chi connectivity index (χ0) is 54.8. The van der Waals surface area contributed by atoms with Crippen molar-refractivity contribution in [2.75, 3.05) is 32.8 Å². The number of carboxylic acid groups (broad SMARTS) is 1. The quantitative estimate of drug-likeness (QED) is 0.0480. The van der Waals surface area contributed by atoms with Crippen molar-refractivity contribution >= 4 is 65.0 Å². The molecule has 0 aromatic rings. The first-order chi connectivity index (χ1) is 34.2. The van der Waals surface area contributed by atoms with Crippen LogP contribution in [-0.2, 0) is 52.7 Å². The number of likely N-dealkylation sites (tertiary alicyclic amines) is 4. The van der Waals surface area contributed by atoms with Crippen LogP contribution in [0.2, 0.25) is 0 Å². The third-order valence-electron chi connectivity index (χ3n) is 13.8. The molecule has 4 heterocycles. The number of hydrogen-bond acceptors (Lipinski definition) is 16. The molecule has 0 saturated carbocycles. The Labute approximate surface area is 423 Å². The lowest BCUT2D eigenvalue weighted by Gasteiger charge is -2.35. The van der Waals surface area contributed by atoms with Crippen LogP contribution in [0.5, 0.6) is 0 Å². The molecule has 0 aromatic carbocycles. The number of nitrogens with one attached hydrogen (secondary N) is 6. The second-order valence-corrected chi connectivity index (χ2v) is 19.8. The summed E-state index contributed by atoms with van der Waals surface area (Å²) in [4.78, 5) is 152. The van der Waals surface area contributed by atoms with Gasteiger partial charge in [-0.2, -0.15) is 0 Å². The van der Waals surface area contributed by atoms with Gasteiger partial charge in [0.05, 0.1) is 24.9 Å². The molecule has 0 bridgehead atoms. The van der Waals surface area contributed by atoms with Gasteiger partial charge in [0.1, 0.15) is 60.4 Å². The summed E-state index contributed by atoms with van der Waals surface area (Å²) in [6.07, 6.45) is -1.55. The Morgan fingerprint density at radius 2 is 0.918 bits per heavy atom. The Bertz CT molecular complexity index is 2070. The molecule has 27 heteroatoms. The zero-order valence-electron chi connectivity index (χ0n) is 42.4. The van der Waals surface area contributed by atoms with E-state index in [9.17, 15) is 78.3 Å². The van der Waals surface area contributed by atoms with Gasteiger partial charge in [-0.3, -0.25) is 47.9 Å². The summed E-state index contributed by atoms with van der Waals surface area (Å²) in [6, 6.07) is -14.0. The summed E-state index contributed by atoms with van der Waals surface area (Å²) >= 11 is 0. The minimum atomic E-state index is -1.73. The predicted molar refractivity (Wildman–Crippen MR) is 254 cm³/mol. The lowest BCUT2D eigenvalue weighted by Crippen LogP contribution is -2.61. The highest BCUT2D eigenvalue weighted by Crippen LogP contribution is 2.29. The van der Waals surface area contributed by atoms with E-state index in [0.29, 0.717) is 25.7 Å². The highest BCUT2D eigenvalue weighted by Gasteiger charge is 2.47. The van der Waals surface area contributed by atoms with Crippen LogP contribution in [0.15, 0.2) is 0 Å². The highest BCUT2D eigenvalue weighted by molar-refractivity contribution is 5.99. The van der Waals surface area contributed by atoms with Gasteiger partial charge in [-0.25, -0.2) is 4.79 Å². The van der Waals surface area contributed by atoms with E-state index >= 15 is 0 Å². The molecule has 10 amide bonds. The van der Waals surface area contributed by atoms with Gasteiger partial charge in [0, 0.05) is 26.2 Å². The Morgan fingerprint density at radius 1 is 0.479 bits per heavy atom. The van der Waals surface area contributed by atoms with Gasteiger partial charge in [-0.1, -0.05) is 13.8 Å². The summed E-state index contributed by atoms with van der Waals surface area (Å²) in [5.41, 5.74) is 5.77. The molecule has 73 heavy (non-hydrogen) atoms. The molecule has 4 rings (SSSR count). The topological polar surface area (TPSA) is 400 Å². The molecule has 0 spiro atoms. The van der Waals surface area contributed by atoms with Crippen LogP contribution in [0.1, 0.15) is 99.8 Å². The maximum absolute atomic E-state index is 14.3. The van der Waals surface area contributed by atoms with E-state index in [1.807, 2.05) is 5.32 Å². The maximum atomic E-state index is 14.3. The number of carbonyl (C=O) groups excluding carboxylic acids is 10. The molecule has 0 unspecified atom stereocenters. The van der Waals surface area contributed by atoms with Gasteiger partial charge in [0.2, 0.25) is 59.1 Å². The van der Waals surface area contributed by atoms with Crippen molar-refractivity contribution in [1.82, 2.24) is 51.5 Å². The Kier molecular flexibility index (Phi) is 21.4. The molecule has 4 saturated heterocycles. The molecule has 4 aliphatic heterocycles. The maximum Gasteiger partial charge on any atom is 0.328 e. The van der Waals surface area contributed by atoms with Crippen molar-refractivity contribution < 1.29 is 78.3 Å². The fraction of sp³-hybridized carbons (Fsp3) is 0.761. The van der Waals surface area contributed by atoms with E-state index in [-0.39, 0.29) is 51.9 Å². The zero-order valence-corrected chi connectivity index (χ0v) is 42.4. The summed E-state index contributed by atoms with van der Waals surface area (Å²) in [5, 5.41) is 63.5. The van der Waals surface area contributed by atoms with Crippen molar-refractivity contribution in [3.05, 3.63) is 0 Å². The first-order valence-corrected chi connectivity index (χ1v) is 24.9. The van der Waals surface area contributed by atoms with Gasteiger partial charge in [0.25, 0.3) is 0 Å². The average molecular weight is 1040 g/mol. The lowest BCUT2D eigenvalue weighted by molar-refractivity contribution is -0.151. The molecule has 410 valence electrons. The molecule has 4 fully saturated rings. The smallest absolute Gasteiger partial charge is 0.328 e. The summed E-state index contributed by atoms with van der Waals surface area (Å²) in [7, 11) is 0. The number of carboxylic acids is 1. The SMILES string of the molecule is CC(C)[C@H](NC(=O)[C@@H](N)[C@@H](C)O)C(=O)N1CCC[C@H]1C(=O)N[C@H](C(=O)N[C@@H](C)C(=O)N1CCC[C@H]1C(=O)N1CCC[C@H]1C(=O)N1CCC[C@H]1C(=O)N[C@@H](C)C(=O)N[C@@H](CO)C(=O)N[C@H](C(=O)O)[C@@H](C)O)[C@@H](C)O. The second-order valence-electron chi connectivity index (χ2n) is 19.8. The van der Waals surface area contributed by atoms with Gasteiger partial charge in [-0.15, -0.1) is 0 Å². The Morgan fingerprint density at radius 3 is 1.40 bits per heavy atom. The second kappa shape index (κ2) is 26.3. The molecule has 14 atom stereocenters. The third-order valence-corrected chi connectivity index (χ3v) is 13.8. The summed E-state index contributed by atoms with van der Waals surface area (Å²) in [5.74, 6) is -9.40. The van der Waals surface area contributed by atoms with Gasteiger partial charge in [0.15, 0.2) is 6.04 Å². The van der Waals surface area contributed by atoms with Crippen molar-refractivity contribution in [1.29, 1.82) is 0 Å². The van der Waals surface area contributed by atoms with Crippen molar-refractivity contribution in [2.24, 2.45) is 11.7 Å². The van der Waals surface area contributed by atoms with E-state index in [1.165, 1.54) is 47.3 Å². The molecule has 0 aliphatic carbocycles. The minimum absolute atomic E-state index is 0.140. The number of nitrogens with zero attached hydrogens (tertiary/aromatic N) is 4. The van der Waals surface area contributed by atoms with E-state index in [0.717, 1.165) is 6.92 Å². The highest BCUT2D eigenvalue weighted by atomic mass is 16.4. The average Bonchev–Trinajstić information content (AvgIpc) is 4.19. The van der Waals surface area contributed by atoms with Crippen LogP contribution in [0.4, 0.5) is 0 Å². The van der Waals surface area contributed by atoms with Crippen LogP contribution in [0, 0.1) is 5.92 Å². The lowest BCUT2D eigenvalue weighted by atomic mass is 10.0. The Balaban J connectivity index is 1.36. The van der Waals surface area contributed by atoms with Crippen LogP contribution in [0.3, 0.4) is 0 Å². The van der Waals surface area contributed by atoms with Crippen molar-refractivity contribution in [2.45, 2.75) is 185 Å². The summed E-state index contributed by atoms with van der Waals surface area (Å²) < 4.78 is 0. The molecular weight excluding hydrogens is 963 g/mol. The monoisotopic (exact) mass is 1040 g/mol. The van der Waals surface area contributed by atoms with E-state index in [1.54, 1.807) is 13.8 Å². The number of nitrogens with two attached hydrogens (primary N) is 1. The van der Waals surface area contributed by atoms with E-state index in [4.69, 9.17) is 5.73 Å². The first-order valence-electron chi connectivity index (χ1n) is 24.9. The number of aliphatic carboxylic acids is 1. The van der Waals surface area contributed by atoms with E-state index in [2.05, 4.69) is 26.6 Å². The molecule has 0 radical (unpaired) electrons. The van der Waals surface area contributed by atoms with Gasteiger partial charge in [-0.05, 0) is 91.9 Å². The van der Waals surface area contributed by atoms with Gasteiger partial charge >= 0.3 is 5.97 Å². The standard InChI is InChI=1S/C46H75N11O16/c1-21(2)33(51-40(66)32(47)24(5)59)45(71)55-17-9-13-29(55)39(65)52-34(25(6)60)41(67)49-23(4)42(68)56-18-10-14-30(56)44(70)57-19-11-15-31(57)43(69)54-16-8-12-28(54)38(64)48-22(3)36(62)50-27(20-58)37(63)53-35(26(7)61)46(72)73/h21-35,58-61H,8-20,47H2,1-7H3,(H,48,64)(H,49,67)(H,50,62)(H,51,66)(H,52,65)(H,53,63)(H,72,73)/t22-,23-,24+,25+,26+,27-,28-,29-,30-,31-,32-,33-,34-,35-/m0/s1. The number of aliphatic hydroxyl groups excluding tert-OH is 4. The van der Waals surface area contributed by atoms with Crippen molar-refractivity contribution in [3.63, 3.8) is 0 Å². The number of hydrogen-bond donors (Lipinski definition) is 12. The van der Waals surface area contributed by atoms with Crippen LogP contribution in [0.25, 0.3) is 0 Å². The number of amides is 10. The summed E-state index contributed by atoms with van der Waals surface area (Å²) in [6.45, 7) is 9.44. The Hall–Kier alpha value is -6.03. The minimum Gasteiger partial charge on any atom is -0.480 e. The molecule has 13 N–H and O–H groups in total. The molecule has 27 nitrogen and oxygen atoms in total. The number of aliphatic hydroxyl groups is 4. The predicted octanol–water partition coefficient (Wildman–Crippen LogP) is -5.90. The fourth-order valence-corrected chi connectivity index (χ4v) is 9.50. The number of rotatable bonds is 22. The first kappa shape index (κ1) is 59.5. The van der Waals surface area contributed by atoms with Crippen LogP contribution < -0.4 is 37.6 Å². The molecule has 0 aromatic heterocycles.